The maximum Gasteiger partial charge on any atom is 0.244 e. The van der Waals surface area contributed by atoms with Gasteiger partial charge in [0.1, 0.15) is 6.04 Å². The number of piperazine rings is 1. The summed E-state index contributed by atoms with van der Waals surface area (Å²) in [5.74, 6) is -0.257. The molecule has 186 valence electrons. The summed E-state index contributed by atoms with van der Waals surface area (Å²) in [6, 6.07) is 8.53. The van der Waals surface area contributed by atoms with Gasteiger partial charge in [-0.2, -0.15) is 0 Å². The molecule has 2 aliphatic carbocycles. The van der Waals surface area contributed by atoms with Crippen molar-refractivity contribution in [3.8, 4) is 0 Å². The number of nitrogens with two attached hydrogens (primary N) is 1. The quantitative estimate of drug-likeness (QED) is 0.628. The van der Waals surface area contributed by atoms with Gasteiger partial charge in [-0.25, -0.2) is 0 Å². The average molecular weight is 469 g/mol. The number of primary amides is 1. The number of nitrogens with zero attached hydrogens (tertiary/aromatic N) is 2. The first-order valence-corrected chi connectivity index (χ1v) is 13.2. The van der Waals surface area contributed by atoms with Crippen LogP contribution in [0.4, 0.5) is 0 Å². The van der Waals surface area contributed by atoms with Gasteiger partial charge >= 0.3 is 0 Å². The molecule has 7 nitrogen and oxygen atoms in total. The van der Waals surface area contributed by atoms with Gasteiger partial charge in [-0.3, -0.25) is 19.3 Å². The van der Waals surface area contributed by atoms with Crippen LogP contribution >= 0.6 is 0 Å². The van der Waals surface area contributed by atoms with Gasteiger partial charge in [0.05, 0.1) is 5.92 Å². The Morgan fingerprint density at radius 2 is 1.44 bits per heavy atom. The van der Waals surface area contributed by atoms with E-state index in [4.69, 9.17) is 5.73 Å². The van der Waals surface area contributed by atoms with Gasteiger partial charge in [-0.15, -0.1) is 0 Å². The molecule has 3 fully saturated rings. The van der Waals surface area contributed by atoms with Gasteiger partial charge in [0.2, 0.25) is 17.7 Å². The lowest BCUT2D eigenvalue weighted by atomic mass is 9.82. The Morgan fingerprint density at radius 3 is 2.09 bits per heavy atom. The molecule has 1 aromatic rings. The monoisotopic (exact) mass is 468 g/mol. The van der Waals surface area contributed by atoms with Crippen molar-refractivity contribution in [2.45, 2.75) is 76.3 Å². The first kappa shape index (κ1) is 24.7. The fourth-order valence-electron chi connectivity index (χ4n) is 6.13. The smallest absolute Gasteiger partial charge is 0.244 e. The topological polar surface area (TPSA) is 95.7 Å². The van der Waals surface area contributed by atoms with Crippen LogP contribution in [0.2, 0.25) is 0 Å². The predicted molar refractivity (Wildman–Crippen MR) is 132 cm³/mol. The normalized spacial score (nSPS) is 25.8. The molecule has 1 saturated heterocycles. The number of hydrogen-bond donors (Lipinski definition) is 2. The number of benzene rings is 1. The third-order valence-electron chi connectivity index (χ3n) is 8.07. The average Bonchev–Trinajstić information content (AvgIpc) is 3.17. The molecule has 3 atom stereocenters. The number of rotatable bonds is 6. The highest BCUT2D eigenvalue weighted by molar-refractivity contribution is 5.88. The molecule has 0 spiro atoms. The number of nitrogens with one attached hydrogen (secondary N) is 1. The summed E-state index contributed by atoms with van der Waals surface area (Å²) in [7, 11) is 0. The van der Waals surface area contributed by atoms with Crippen LogP contribution in [-0.2, 0) is 14.4 Å². The van der Waals surface area contributed by atoms with Crippen molar-refractivity contribution in [3.05, 3.63) is 35.9 Å². The molecule has 1 aromatic carbocycles. The van der Waals surface area contributed by atoms with Crippen molar-refractivity contribution >= 4 is 17.7 Å². The Hall–Kier alpha value is -2.41. The molecule has 2 saturated carbocycles. The summed E-state index contributed by atoms with van der Waals surface area (Å²) in [6.07, 6.45) is 10.8. The third kappa shape index (κ3) is 5.98. The summed E-state index contributed by atoms with van der Waals surface area (Å²) in [4.78, 5) is 43.0. The molecule has 3 amide bonds. The van der Waals surface area contributed by atoms with E-state index in [9.17, 15) is 14.4 Å². The summed E-state index contributed by atoms with van der Waals surface area (Å²) in [5.41, 5.74) is 6.35. The summed E-state index contributed by atoms with van der Waals surface area (Å²) in [5, 5.41) is 2.94. The fourth-order valence-corrected chi connectivity index (χ4v) is 6.13. The van der Waals surface area contributed by atoms with E-state index < -0.39 is 11.9 Å². The maximum absolute atomic E-state index is 13.3. The summed E-state index contributed by atoms with van der Waals surface area (Å²) >= 11 is 0. The van der Waals surface area contributed by atoms with Crippen LogP contribution in [0.1, 0.15) is 75.8 Å². The molecular formula is C27H40N4O3. The highest BCUT2D eigenvalue weighted by Gasteiger charge is 2.38. The minimum Gasteiger partial charge on any atom is -0.368 e. The maximum atomic E-state index is 13.3. The lowest BCUT2D eigenvalue weighted by molar-refractivity contribution is -0.139. The van der Waals surface area contributed by atoms with Gasteiger partial charge in [-0.05, 0) is 31.2 Å². The largest absolute Gasteiger partial charge is 0.368 e. The zero-order valence-electron chi connectivity index (χ0n) is 20.3. The first-order valence-electron chi connectivity index (χ1n) is 13.2. The summed E-state index contributed by atoms with van der Waals surface area (Å²) < 4.78 is 0. The molecule has 4 rings (SSSR count). The number of carbonyl (C=O) groups excluding carboxylic acids is 3. The zero-order valence-corrected chi connectivity index (χ0v) is 20.3. The standard InChI is InChI=1S/C27H40N4O3/c28-25(32)24(20-10-6-3-7-11-20)29-26(33)22-14-8-9-15-23(22)30-16-18-31(19-17-30)27(34)21-12-4-1-2-5-13-21/h3,6-7,10-11,21-24H,1-2,4-5,8-9,12-19H2,(H2,28,32)(H,29,33)/t22-,23-,24+/m1/s1. The lowest BCUT2D eigenvalue weighted by Crippen LogP contribution is -2.57. The van der Waals surface area contributed by atoms with Crippen molar-refractivity contribution in [2.24, 2.45) is 17.6 Å². The van der Waals surface area contributed by atoms with Crippen LogP contribution in [-0.4, -0.2) is 59.7 Å². The van der Waals surface area contributed by atoms with Crippen molar-refractivity contribution in [2.75, 3.05) is 26.2 Å². The fraction of sp³-hybridized carbons (Fsp3) is 0.667. The Morgan fingerprint density at radius 1 is 0.824 bits per heavy atom. The number of amides is 3. The van der Waals surface area contributed by atoms with Gasteiger partial charge in [-0.1, -0.05) is 68.9 Å². The molecule has 0 radical (unpaired) electrons. The van der Waals surface area contributed by atoms with Crippen LogP contribution in [0.3, 0.4) is 0 Å². The first-order chi connectivity index (χ1) is 16.5. The Bertz CT molecular complexity index is 830. The van der Waals surface area contributed by atoms with Crippen LogP contribution in [0, 0.1) is 11.8 Å². The van der Waals surface area contributed by atoms with E-state index >= 15 is 0 Å². The molecule has 1 aliphatic heterocycles. The van der Waals surface area contributed by atoms with Crippen molar-refractivity contribution < 1.29 is 14.4 Å². The van der Waals surface area contributed by atoms with Crippen molar-refractivity contribution in [1.29, 1.82) is 0 Å². The van der Waals surface area contributed by atoms with Gasteiger partial charge in [0.25, 0.3) is 0 Å². The highest BCUT2D eigenvalue weighted by atomic mass is 16.2. The molecule has 1 heterocycles. The lowest BCUT2D eigenvalue weighted by Gasteiger charge is -2.44. The van der Waals surface area contributed by atoms with E-state index in [2.05, 4.69) is 15.1 Å². The molecule has 0 unspecified atom stereocenters. The van der Waals surface area contributed by atoms with Crippen LogP contribution in [0.15, 0.2) is 30.3 Å². The van der Waals surface area contributed by atoms with Crippen molar-refractivity contribution in [3.63, 3.8) is 0 Å². The Kier molecular flexibility index (Phi) is 8.59. The molecular weight excluding hydrogens is 428 g/mol. The van der Waals surface area contributed by atoms with E-state index in [0.29, 0.717) is 11.5 Å². The zero-order chi connectivity index (χ0) is 23.9. The second-order valence-corrected chi connectivity index (χ2v) is 10.3. The highest BCUT2D eigenvalue weighted by Crippen LogP contribution is 2.31. The van der Waals surface area contributed by atoms with E-state index in [1.54, 1.807) is 0 Å². The van der Waals surface area contributed by atoms with Crippen LogP contribution in [0.25, 0.3) is 0 Å². The minimum absolute atomic E-state index is 0.0886. The van der Waals surface area contributed by atoms with E-state index in [0.717, 1.165) is 64.7 Å². The molecule has 3 aliphatic rings. The van der Waals surface area contributed by atoms with Crippen LogP contribution < -0.4 is 11.1 Å². The number of carbonyl (C=O) groups is 3. The Labute approximate surface area is 203 Å². The van der Waals surface area contributed by atoms with E-state index in [1.807, 2.05) is 30.3 Å². The van der Waals surface area contributed by atoms with Crippen molar-refractivity contribution in [1.82, 2.24) is 15.1 Å². The van der Waals surface area contributed by atoms with E-state index in [1.165, 1.54) is 25.7 Å². The molecule has 34 heavy (non-hydrogen) atoms. The van der Waals surface area contributed by atoms with Gasteiger partial charge < -0.3 is 16.0 Å². The second-order valence-electron chi connectivity index (χ2n) is 10.3. The predicted octanol–water partition coefficient (Wildman–Crippen LogP) is 3.00. The van der Waals surface area contributed by atoms with E-state index in [-0.39, 0.29) is 23.8 Å². The Balaban J connectivity index is 1.36. The molecule has 0 bridgehead atoms. The summed E-state index contributed by atoms with van der Waals surface area (Å²) in [6.45, 7) is 3.11. The van der Waals surface area contributed by atoms with Gasteiger partial charge in [0.15, 0.2) is 0 Å². The molecule has 7 heteroatoms. The SMILES string of the molecule is NC(=O)[C@@H](NC(=O)[C@@H]1CCCC[C@H]1N1CCN(C(=O)C2CCCCCC2)CC1)c1ccccc1. The minimum atomic E-state index is -0.815. The van der Waals surface area contributed by atoms with Gasteiger partial charge in [0, 0.05) is 38.1 Å². The third-order valence-corrected chi connectivity index (χ3v) is 8.07. The second kappa shape index (κ2) is 11.8. The molecule has 3 N–H and O–H groups in total. The number of hydrogen-bond acceptors (Lipinski definition) is 4. The van der Waals surface area contributed by atoms with Crippen LogP contribution in [0.5, 0.6) is 0 Å². The molecule has 0 aromatic heterocycles.